The van der Waals surface area contributed by atoms with E-state index in [1.54, 1.807) is 7.11 Å². The van der Waals surface area contributed by atoms with Crippen molar-refractivity contribution in [3.8, 4) is 17.4 Å². The number of hydrogen-bond acceptors (Lipinski definition) is 6. The molecule has 0 bridgehead atoms. The van der Waals surface area contributed by atoms with E-state index in [1.165, 1.54) is 19.4 Å². The Bertz CT molecular complexity index is 912. The van der Waals surface area contributed by atoms with Gasteiger partial charge in [0.25, 0.3) is 5.91 Å². The molecular formula is C21H26N4O5. The van der Waals surface area contributed by atoms with E-state index in [2.05, 4.69) is 15.6 Å². The molecule has 0 atom stereocenters. The predicted molar refractivity (Wildman–Crippen MR) is 111 cm³/mol. The summed E-state index contributed by atoms with van der Waals surface area (Å²) in [6.45, 7) is 0.254. The van der Waals surface area contributed by atoms with Gasteiger partial charge in [0.2, 0.25) is 5.88 Å². The van der Waals surface area contributed by atoms with Crippen LogP contribution < -0.4 is 30.6 Å². The molecule has 1 fully saturated rings. The van der Waals surface area contributed by atoms with E-state index >= 15 is 0 Å². The second-order valence-electron chi connectivity index (χ2n) is 6.95. The molecule has 0 radical (unpaired) electrons. The van der Waals surface area contributed by atoms with Gasteiger partial charge in [-0.1, -0.05) is 0 Å². The van der Waals surface area contributed by atoms with E-state index in [4.69, 9.17) is 19.9 Å². The van der Waals surface area contributed by atoms with Crippen molar-refractivity contribution in [2.45, 2.75) is 38.3 Å². The summed E-state index contributed by atoms with van der Waals surface area (Å²) in [5.41, 5.74) is 6.56. The van der Waals surface area contributed by atoms with Crippen LogP contribution in [-0.4, -0.2) is 37.2 Å². The van der Waals surface area contributed by atoms with Crippen LogP contribution in [0.4, 0.5) is 10.5 Å². The van der Waals surface area contributed by atoms with Crippen LogP contribution in [0.3, 0.4) is 0 Å². The van der Waals surface area contributed by atoms with Gasteiger partial charge in [0.05, 0.1) is 32.2 Å². The maximum atomic E-state index is 12.3. The number of benzene rings is 1. The van der Waals surface area contributed by atoms with Gasteiger partial charge in [0.1, 0.15) is 17.1 Å². The van der Waals surface area contributed by atoms with Crippen molar-refractivity contribution >= 4 is 17.6 Å². The van der Waals surface area contributed by atoms with E-state index in [9.17, 15) is 9.59 Å². The Morgan fingerprint density at radius 3 is 2.60 bits per heavy atom. The Kier molecular flexibility index (Phi) is 6.95. The second kappa shape index (κ2) is 9.82. The molecule has 9 nitrogen and oxygen atoms in total. The fourth-order valence-corrected chi connectivity index (χ4v) is 3.31. The minimum absolute atomic E-state index is 0.0812. The summed E-state index contributed by atoms with van der Waals surface area (Å²) < 4.78 is 16.4. The number of nitrogens with zero attached hydrogens (tertiary/aromatic N) is 1. The van der Waals surface area contributed by atoms with Gasteiger partial charge in [-0.05, 0) is 43.9 Å². The van der Waals surface area contributed by atoms with Crippen molar-refractivity contribution < 1.29 is 23.8 Å². The van der Waals surface area contributed by atoms with Gasteiger partial charge in [-0.15, -0.1) is 0 Å². The quantitative estimate of drug-likeness (QED) is 0.610. The molecule has 3 amide bonds. The molecule has 9 heteroatoms. The molecule has 1 saturated carbocycles. The van der Waals surface area contributed by atoms with Gasteiger partial charge < -0.3 is 30.6 Å². The summed E-state index contributed by atoms with van der Waals surface area (Å²) in [4.78, 5) is 27.8. The van der Waals surface area contributed by atoms with E-state index < -0.39 is 11.9 Å². The molecule has 0 unspecified atom stereocenters. The lowest BCUT2D eigenvalue weighted by Gasteiger charge is -2.18. The number of urea groups is 1. The lowest BCUT2D eigenvalue weighted by atomic mass is 10.2. The lowest BCUT2D eigenvalue weighted by molar-refractivity contribution is 0.0996. The Morgan fingerprint density at radius 1 is 1.17 bits per heavy atom. The number of nitrogens with one attached hydrogen (secondary N) is 2. The number of rotatable bonds is 8. The summed E-state index contributed by atoms with van der Waals surface area (Å²) in [7, 11) is 2.98. The Hall–Kier alpha value is -3.49. The zero-order valence-electron chi connectivity index (χ0n) is 17.1. The summed E-state index contributed by atoms with van der Waals surface area (Å²) in [6, 6.07) is 6.47. The van der Waals surface area contributed by atoms with Gasteiger partial charge in [-0.25, -0.2) is 9.78 Å². The van der Waals surface area contributed by atoms with Gasteiger partial charge in [0.15, 0.2) is 0 Å². The molecule has 0 spiro atoms. The van der Waals surface area contributed by atoms with Gasteiger partial charge in [0, 0.05) is 18.2 Å². The zero-order chi connectivity index (χ0) is 21.5. The summed E-state index contributed by atoms with van der Waals surface area (Å²) >= 11 is 0. The van der Waals surface area contributed by atoms with Crippen LogP contribution in [0, 0.1) is 0 Å². The number of primary amides is 1. The minimum atomic E-state index is -0.699. The van der Waals surface area contributed by atoms with E-state index in [0.717, 1.165) is 31.2 Å². The smallest absolute Gasteiger partial charge is 0.319 e. The lowest BCUT2D eigenvalue weighted by Crippen LogP contribution is -2.29. The van der Waals surface area contributed by atoms with Crippen LogP contribution in [0.1, 0.15) is 41.6 Å². The summed E-state index contributed by atoms with van der Waals surface area (Å²) in [5.74, 6) is 0.791. The van der Waals surface area contributed by atoms with Crippen molar-refractivity contribution in [2.75, 3.05) is 19.5 Å². The van der Waals surface area contributed by atoms with Crippen molar-refractivity contribution in [1.29, 1.82) is 0 Å². The Morgan fingerprint density at radius 2 is 1.93 bits per heavy atom. The van der Waals surface area contributed by atoms with Crippen LogP contribution in [0.5, 0.6) is 17.4 Å². The molecule has 3 rings (SSSR count). The van der Waals surface area contributed by atoms with Gasteiger partial charge in [-0.3, -0.25) is 4.79 Å². The van der Waals surface area contributed by atoms with Crippen LogP contribution in [0.15, 0.2) is 30.5 Å². The average Bonchev–Trinajstić information content (AvgIpc) is 3.25. The molecule has 160 valence electrons. The van der Waals surface area contributed by atoms with Crippen LogP contribution in [0.25, 0.3) is 0 Å². The number of methoxy groups -OCH3 is 2. The first-order chi connectivity index (χ1) is 14.5. The first kappa shape index (κ1) is 21.2. The topological polar surface area (TPSA) is 125 Å². The number of amides is 3. The molecule has 0 saturated heterocycles. The second-order valence-corrected chi connectivity index (χ2v) is 6.95. The highest BCUT2D eigenvalue weighted by Gasteiger charge is 2.19. The molecule has 30 heavy (non-hydrogen) atoms. The highest BCUT2D eigenvalue weighted by atomic mass is 16.5. The number of nitrogens with two attached hydrogens (primary N) is 1. The number of aromatic nitrogens is 1. The molecule has 1 aromatic heterocycles. The zero-order valence-corrected chi connectivity index (χ0v) is 17.1. The van der Waals surface area contributed by atoms with E-state index in [1.807, 2.05) is 18.2 Å². The molecule has 4 N–H and O–H groups in total. The minimum Gasteiger partial charge on any atom is -0.497 e. The third-order valence-corrected chi connectivity index (χ3v) is 4.88. The van der Waals surface area contributed by atoms with Crippen molar-refractivity contribution in [3.63, 3.8) is 0 Å². The van der Waals surface area contributed by atoms with Gasteiger partial charge in [-0.2, -0.15) is 0 Å². The van der Waals surface area contributed by atoms with Crippen molar-refractivity contribution in [3.05, 3.63) is 41.6 Å². The fraction of sp³-hybridized carbons (Fsp3) is 0.381. The number of hydrogen-bond donors (Lipinski definition) is 3. The predicted octanol–water partition coefficient (Wildman–Crippen LogP) is 2.84. The molecule has 1 aliphatic carbocycles. The van der Waals surface area contributed by atoms with Crippen LogP contribution in [-0.2, 0) is 6.54 Å². The maximum Gasteiger partial charge on any atom is 0.319 e. The number of carbonyl (C=O) groups excluding carboxylic acids is 2. The molecule has 1 heterocycles. The monoisotopic (exact) mass is 414 g/mol. The first-order valence-corrected chi connectivity index (χ1v) is 9.72. The number of pyridine rings is 1. The Balaban J connectivity index is 1.65. The first-order valence-electron chi connectivity index (χ1n) is 9.72. The maximum absolute atomic E-state index is 12.3. The number of carbonyl (C=O) groups is 2. The molecule has 0 aliphatic heterocycles. The van der Waals surface area contributed by atoms with E-state index in [-0.39, 0.29) is 24.1 Å². The van der Waals surface area contributed by atoms with Crippen molar-refractivity contribution in [1.82, 2.24) is 10.3 Å². The normalized spacial score (nSPS) is 13.5. The SMILES string of the molecule is COc1ccc(CNC(=O)Nc2cnc(OC)c(C(N)=O)c2)c(OC2CCCC2)c1. The molecule has 1 aromatic carbocycles. The van der Waals surface area contributed by atoms with Gasteiger partial charge >= 0.3 is 6.03 Å². The summed E-state index contributed by atoms with van der Waals surface area (Å²) in [5, 5.41) is 5.41. The van der Waals surface area contributed by atoms with Crippen LogP contribution >= 0.6 is 0 Å². The van der Waals surface area contributed by atoms with Crippen molar-refractivity contribution in [2.24, 2.45) is 5.73 Å². The standard InChI is InChI=1S/C21H26N4O5/c1-28-16-8-7-13(18(10-16)30-15-5-3-4-6-15)11-24-21(27)25-14-9-17(19(22)26)20(29-2)23-12-14/h7-10,12,15H,3-6,11H2,1-2H3,(H2,22,26)(H2,24,25,27). The molecule has 1 aliphatic rings. The summed E-state index contributed by atoms with van der Waals surface area (Å²) in [6.07, 6.45) is 5.94. The Labute approximate surface area is 174 Å². The fourth-order valence-electron chi connectivity index (χ4n) is 3.31. The highest BCUT2D eigenvalue weighted by Crippen LogP contribution is 2.30. The molecular weight excluding hydrogens is 388 g/mol. The average molecular weight is 414 g/mol. The third-order valence-electron chi connectivity index (χ3n) is 4.88. The van der Waals surface area contributed by atoms with E-state index in [0.29, 0.717) is 17.2 Å². The van der Waals surface area contributed by atoms with Crippen LogP contribution in [0.2, 0.25) is 0 Å². The third kappa shape index (κ3) is 5.31. The number of ether oxygens (including phenoxy) is 3. The molecule has 2 aromatic rings. The highest BCUT2D eigenvalue weighted by molar-refractivity contribution is 5.97. The largest absolute Gasteiger partial charge is 0.497 e. The number of anilines is 1.